The number of nitrogens with zero attached hydrogens (tertiary/aromatic N) is 3. The third-order valence-corrected chi connectivity index (χ3v) is 7.96. The van der Waals surface area contributed by atoms with Gasteiger partial charge in [0.1, 0.15) is 17.6 Å². The van der Waals surface area contributed by atoms with Gasteiger partial charge in [-0.2, -0.15) is 0 Å². The lowest BCUT2D eigenvalue weighted by Crippen LogP contribution is -2.42. The number of pyridine rings is 2. The molecule has 0 bridgehead atoms. The number of halogens is 2. The molecule has 3 aromatic rings. The van der Waals surface area contributed by atoms with Crippen molar-refractivity contribution in [3.05, 3.63) is 59.8 Å². The minimum atomic E-state index is -0.930. The van der Waals surface area contributed by atoms with Crippen molar-refractivity contribution in [3.63, 3.8) is 0 Å². The number of anilines is 2. The highest BCUT2D eigenvalue weighted by Crippen LogP contribution is 2.39. The van der Waals surface area contributed by atoms with Crippen LogP contribution in [0.2, 0.25) is 0 Å². The normalized spacial score (nSPS) is 23.0. The topological polar surface area (TPSA) is 96.4 Å². The molecule has 1 aromatic carbocycles. The predicted molar refractivity (Wildman–Crippen MR) is 163 cm³/mol. The average Bonchev–Trinajstić information content (AvgIpc) is 2.92. The number of alkyl halides is 1. The Labute approximate surface area is 248 Å². The van der Waals surface area contributed by atoms with Gasteiger partial charge in [-0.1, -0.05) is 6.92 Å². The number of aromatic nitrogens is 2. The molecule has 0 radical (unpaired) electrons. The first-order valence-electron chi connectivity index (χ1n) is 14.7. The Hall–Kier alpha value is -3.82. The summed E-state index contributed by atoms with van der Waals surface area (Å²) < 4.78 is 34.4. The molecule has 5 rings (SSSR count). The zero-order chi connectivity index (χ0) is 30.0. The van der Waals surface area contributed by atoms with Gasteiger partial charge in [0, 0.05) is 33.6 Å². The monoisotopic (exact) mass is 583 g/mol. The van der Waals surface area contributed by atoms with E-state index < -0.39 is 29.6 Å². The van der Waals surface area contributed by atoms with Crippen LogP contribution >= 0.6 is 0 Å². The molecule has 2 fully saturated rings. The summed E-state index contributed by atoms with van der Waals surface area (Å²) in [6, 6.07) is 6.15. The number of rotatable bonds is 5. The number of hydrogen-bond donors (Lipinski definition) is 2. The molecular weight excluding hydrogens is 540 g/mol. The van der Waals surface area contributed by atoms with Crippen LogP contribution in [0.1, 0.15) is 84.5 Å². The highest BCUT2D eigenvalue weighted by molar-refractivity contribution is 6.12. The van der Waals surface area contributed by atoms with Crippen molar-refractivity contribution in [1.82, 2.24) is 15.3 Å². The summed E-state index contributed by atoms with van der Waals surface area (Å²) in [6.45, 7) is 8.56. The molecule has 4 atom stereocenters. The number of fused-ring (bicyclic) bond motifs is 1. The third kappa shape index (κ3) is 6.97. The quantitative estimate of drug-likeness (QED) is 0.329. The summed E-state index contributed by atoms with van der Waals surface area (Å²) in [6.07, 6.45) is 7.17. The molecule has 8 nitrogen and oxygen atoms in total. The summed E-state index contributed by atoms with van der Waals surface area (Å²) in [5.41, 5.74) is 2.01. The first kappa shape index (κ1) is 29.7. The number of nitrogens with one attached hydrogen (secondary N) is 2. The fraction of sp³-hybridized carbons (Fsp3) is 0.500. The fourth-order valence-corrected chi connectivity index (χ4v) is 6.20. The second kappa shape index (κ2) is 12.2. The number of alkyl carbamates (subject to hydrolysis) is 1. The molecule has 228 valence electrons. The molecule has 2 aliphatic rings. The molecule has 2 amide bonds. The van der Waals surface area contributed by atoms with Crippen molar-refractivity contribution in [2.24, 2.45) is 5.92 Å². The summed E-state index contributed by atoms with van der Waals surface area (Å²) in [5.74, 6) is -0.510. The first-order valence-corrected chi connectivity index (χ1v) is 14.7. The summed E-state index contributed by atoms with van der Waals surface area (Å²) in [4.78, 5) is 36.6. The lowest BCUT2D eigenvalue weighted by Gasteiger charge is -2.35. The van der Waals surface area contributed by atoms with Gasteiger partial charge in [0.05, 0.1) is 34.8 Å². The highest BCUT2D eigenvalue weighted by Gasteiger charge is 2.31. The van der Waals surface area contributed by atoms with E-state index in [1.54, 1.807) is 24.7 Å². The van der Waals surface area contributed by atoms with E-state index in [-0.39, 0.29) is 37.8 Å². The summed E-state index contributed by atoms with van der Waals surface area (Å²) >= 11 is 0. The van der Waals surface area contributed by atoms with Gasteiger partial charge in [-0.25, -0.2) is 13.6 Å². The Morgan fingerprint density at radius 1 is 1.14 bits per heavy atom. The van der Waals surface area contributed by atoms with Gasteiger partial charge in [0.2, 0.25) is 0 Å². The highest BCUT2D eigenvalue weighted by atomic mass is 19.1. The maximum atomic E-state index is 14.9. The van der Waals surface area contributed by atoms with Crippen molar-refractivity contribution >= 4 is 34.3 Å². The van der Waals surface area contributed by atoms with Crippen LogP contribution in [0.4, 0.5) is 25.0 Å². The van der Waals surface area contributed by atoms with Gasteiger partial charge in [0.15, 0.2) is 0 Å². The molecule has 3 heterocycles. The van der Waals surface area contributed by atoms with Crippen LogP contribution in [0.25, 0.3) is 10.9 Å². The zero-order valence-corrected chi connectivity index (χ0v) is 24.6. The number of amides is 2. The number of benzene rings is 1. The maximum absolute atomic E-state index is 14.9. The van der Waals surface area contributed by atoms with Crippen LogP contribution < -0.4 is 15.5 Å². The number of carbonyl (C=O) groups is 2. The molecule has 1 aliphatic carbocycles. The Bertz CT molecular complexity index is 1470. The van der Waals surface area contributed by atoms with E-state index >= 15 is 0 Å². The van der Waals surface area contributed by atoms with Crippen molar-refractivity contribution in [2.45, 2.75) is 83.5 Å². The van der Waals surface area contributed by atoms with Crippen LogP contribution in [0.15, 0.2) is 42.9 Å². The van der Waals surface area contributed by atoms with Gasteiger partial charge >= 0.3 is 6.09 Å². The third-order valence-electron chi connectivity index (χ3n) is 7.96. The molecule has 1 aliphatic heterocycles. The molecule has 42 heavy (non-hydrogen) atoms. The van der Waals surface area contributed by atoms with E-state index in [1.165, 1.54) is 12.1 Å². The average molecular weight is 584 g/mol. The van der Waals surface area contributed by atoms with Crippen LogP contribution in [-0.2, 0) is 4.74 Å². The molecule has 10 heteroatoms. The zero-order valence-electron chi connectivity index (χ0n) is 24.6. The molecule has 0 spiro atoms. The Morgan fingerprint density at radius 2 is 1.95 bits per heavy atom. The molecule has 1 saturated heterocycles. The van der Waals surface area contributed by atoms with Gasteiger partial charge in [-0.3, -0.25) is 14.8 Å². The molecule has 1 saturated carbocycles. The Morgan fingerprint density at radius 3 is 2.71 bits per heavy atom. The smallest absolute Gasteiger partial charge is 0.407 e. The summed E-state index contributed by atoms with van der Waals surface area (Å²) in [5, 5.41) is 6.21. The number of piperidine rings is 1. The van der Waals surface area contributed by atoms with Crippen molar-refractivity contribution in [1.29, 1.82) is 0 Å². The van der Waals surface area contributed by atoms with Gasteiger partial charge in [-0.15, -0.1) is 0 Å². The minimum Gasteiger partial charge on any atom is -0.444 e. The van der Waals surface area contributed by atoms with E-state index in [9.17, 15) is 18.4 Å². The molecule has 2 aromatic heterocycles. The van der Waals surface area contributed by atoms with Crippen LogP contribution in [-0.4, -0.2) is 52.9 Å². The van der Waals surface area contributed by atoms with Gasteiger partial charge in [0.25, 0.3) is 5.91 Å². The molecule has 2 N–H and O–H groups in total. The first-order chi connectivity index (χ1) is 20.0. The van der Waals surface area contributed by atoms with E-state index in [0.717, 1.165) is 24.8 Å². The molecule has 1 unspecified atom stereocenters. The van der Waals surface area contributed by atoms with E-state index in [0.29, 0.717) is 36.7 Å². The van der Waals surface area contributed by atoms with Crippen LogP contribution in [0, 0.1) is 11.7 Å². The lowest BCUT2D eigenvalue weighted by molar-refractivity contribution is 0.0482. The van der Waals surface area contributed by atoms with Crippen molar-refractivity contribution in [2.75, 3.05) is 23.3 Å². The fourth-order valence-electron chi connectivity index (χ4n) is 6.20. The summed E-state index contributed by atoms with van der Waals surface area (Å²) in [7, 11) is 0. The minimum absolute atomic E-state index is 0. The second-order valence-electron chi connectivity index (χ2n) is 12.6. The molecular formula is C32H43F2N5O3. The number of carbonyl (C=O) groups excluding carboxylic acids is 2. The Balaban J connectivity index is 0.00000264. The predicted octanol–water partition coefficient (Wildman–Crippen LogP) is 7.25. The number of ether oxygens (including phenoxy) is 1. The standard InChI is InChI=1S/C32H39F2N5O3.2H2/c1-19-12-20(14-22(13-19)37-31(41)42-32(2,3)4)24-9-10-35-17-28(24)38-30(40)25-7-8-27(34)26-15-23(16-36-29(25)26)39-11-5-6-21(33)18-39;;/h7-10,15-17,19-22H,5-6,11-14,18H2,1-4H3,(H,37,41)(H,38,40);2*1H/t19-,20+,21+,22?;;/m0../s1. The van der Waals surface area contributed by atoms with E-state index in [1.807, 2.05) is 31.7 Å². The Kier molecular flexibility index (Phi) is 8.61. The van der Waals surface area contributed by atoms with Gasteiger partial charge in [-0.05, 0) is 94.5 Å². The number of hydrogen-bond acceptors (Lipinski definition) is 6. The SMILES string of the molecule is C[C@@H]1CC(NC(=O)OC(C)(C)C)C[C@H](c2ccncc2NC(=O)c2ccc(F)c3cc(N4CCC[C@@H](F)C4)cnc23)C1.[HH].[HH]. The lowest BCUT2D eigenvalue weighted by atomic mass is 9.76. The largest absolute Gasteiger partial charge is 0.444 e. The van der Waals surface area contributed by atoms with E-state index in [2.05, 4.69) is 27.5 Å². The maximum Gasteiger partial charge on any atom is 0.407 e. The van der Waals surface area contributed by atoms with Crippen LogP contribution in [0.3, 0.4) is 0 Å². The van der Waals surface area contributed by atoms with Crippen molar-refractivity contribution < 1.29 is 26.0 Å². The van der Waals surface area contributed by atoms with Gasteiger partial charge < -0.3 is 20.3 Å². The van der Waals surface area contributed by atoms with Crippen molar-refractivity contribution in [3.8, 4) is 0 Å². The van der Waals surface area contributed by atoms with E-state index in [4.69, 9.17) is 4.74 Å². The second-order valence-corrected chi connectivity index (χ2v) is 12.6. The van der Waals surface area contributed by atoms with Crippen LogP contribution in [0.5, 0.6) is 0 Å².